The van der Waals surface area contributed by atoms with Crippen molar-refractivity contribution < 1.29 is 4.74 Å². The molecule has 110 valence electrons. The summed E-state index contributed by atoms with van der Waals surface area (Å²) < 4.78 is 5.47. The van der Waals surface area contributed by atoms with E-state index in [-0.39, 0.29) is 0 Å². The molecule has 20 heavy (non-hydrogen) atoms. The average Bonchev–Trinajstić information content (AvgIpc) is 2.43. The molecular weight excluding hydrogens is 288 g/mol. The molecule has 1 heterocycles. The smallest absolute Gasteiger partial charge is 0.123 e. The lowest BCUT2D eigenvalue weighted by Gasteiger charge is -2.37. The lowest BCUT2D eigenvalue weighted by atomic mass is 10.1. The SMILES string of the molecule is COc1ccc(C(N)=S)cc1CN1CCSC(C)C1C. The van der Waals surface area contributed by atoms with Crippen molar-refractivity contribution in [3.8, 4) is 5.75 Å². The van der Waals surface area contributed by atoms with Gasteiger partial charge in [0.15, 0.2) is 0 Å². The summed E-state index contributed by atoms with van der Waals surface area (Å²) >= 11 is 7.11. The lowest BCUT2D eigenvalue weighted by molar-refractivity contribution is 0.202. The second-order valence-corrected chi connectivity index (χ2v) is 7.10. The molecule has 1 aliphatic rings. The van der Waals surface area contributed by atoms with Crippen molar-refractivity contribution >= 4 is 29.0 Å². The Bertz CT molecular complexity index is 493. The van der Waals surface area contributed by atoms with Crippen LogP contribution in [0.4, 0.5) is 0 Å². The first-order valence-electron chi connectivity index (χ1n) is 6.85. The Morgan fingerprint density at radius 2 is 2.25 bits per heavy atom. The zero-order chi connectivity index (χ0) is 14.7. The van der Waals surface area contributed by atoms with Gasteiger partial charge in [0, 0.05) is 41.3 Å². The second-order valence-electron chi connectivity index (χ2n) is 5.18. The zero-order valence-corrected chi connectivity index (χ0v) is 13.9. The van der Waals surface area contributed by atoms with Crippen molar-refractivity contribution in [2.24, 2.45) is 5.73 Å². The molecule has 1 aromatic carbocycles. The number of benzene rings is 1. The first-order valence-corrected chi connectivity index (χ1v) is 8.31. The standard InChI is InChI=1S/C15H22N2OS2/c1-10-11(2)20-7-6-17(10)9-13-8-12(15(16)19)4-5-14(13)18-3/h4-5,8,10-11H,6-7,9H2,1-3H3,(H2,16,19). The van der Waals surface area contributed by atoms with Crippen LogP contribution >= 0.6 is 24.0 Å². The molecule has 2 N–H and O–H groups in total. The monoisotopic (exact) mass is 310 g/mol. The fraction of sp³-hybridized carbons (Fsp3) is 0.533. The molecule has 1 aliphatic heterocycles. The normalized spacial score (nSPS) is 23.6. The highest BCUT2D eigenvalue weighted by Gasteiger charge is 2.25. The molecule has 0 spiro atoms. The Morgan fingerprint density at radius 1 is 1.50 bits per heavy atom. The quantitative estimate of drug-likeness (QED) is 0.866. The second kappa shape index (κ2) is 6.78. The molecular formula is C15H22N2OS2. The van der Waals surface area contributed by atoms with Gasteiger partial charge in [0.2, 0.25) is 0 Å². The van der Waals surface area contributed by atoms with Crippen LogP contribution in [0, 0.1) is 0 Å². The van der Waals surface area contributed by atoms with Gasteiger partial charge in [-0.15, -0.1) is 0 Å². The Morgan fingerprint density at radius 3 is 2.90 bits per heavy atom. The van der Waals surface area contributed by atoms with Gasteiger partial charge in [-0.25, -0.2) is 0 Å². The predicted octanol–water partition coefficient (Wildman–Crippen LogP) is 2.66. The summed E-state index contributed by atoms with van der Waals surface area (Å²) in [5.41, 5.74) is 7.79. The Labute approximate surface area is 130 Å². The van der Waals surface area contributed by atoms with Crippen LogP contribution < -0.4 is 10.5 Å². The summed E-state index contributed by atoms with van der Waals surface area (Å²) in [6, 6.07) is 6.49. The number of ether oxygens (including phenoxy) is 1. The molecule has 1 fully saturated rings. The molecule has 2 rings (SSSR count). The van der Waals surface area contributed by atoms with E-state index in [1.54, 1.807) is 7.11 Å². The molecule has 2 atom stereocenters. The topological polar surface area (TPSA) is 38.5 Å². The Kier molecular flexibility index (Phi) is 5.29. The number of nitrogens with zero attached hydrogens (tertiary/aromatic N) is 1. The molecule has 0 aliphatic carbocycles. The van der Waals surface area contributed by atoms with Crippen molar-refractivity contribution in [3.63, 3.8) is 0 Å². The number of thioether (sulfide) groups is 1. The van der Waals surface area contributed by atoms with Gasteiger partial charge in [-0.2, -0.15) is 11.8 Å². The first kappa shape index (κ1) is 15.6. The summed E-state index contributed by atoms with van der Waals surface area (Å²) in [5.74, 6) is 2.09. The number of rotatable bonds is 4. The number of hydrogen-bond donors (Lipinski definition) is 1. The Balaban J connectivity index is 2.22. The lowest BCUT2D eigenvalue weighted by Crippen LogP contribution is -2.44. The van der Waals surface area contributed by atoms with E-state index in [2.05, 4.69) is 24.8 Å². The van der Waals surface area contributed by atoms with Gasteiger partial charge in [0.05, 0.1) is 7.11 Å². The van der Waals surface area contributed by atoms with E-state index in [9.17, 15) is 0 Å². The molecule has 0 bridgehead atoms. The maximum Gasteiger partial charge on any atom is 0.123 e. The average molecular weight is 310 g/mol. The summed E-state index contributed by atoms with van der Waals surface area (Å²) in [4.78, 5) is 2.94. The summed E-state index contributed by atoms with van der Waals surface area (Å²) in [6.07, 6.45) is 0. The minimum absolute atomic E-state index is 0.435. The maximum atomic E-state index is 5.73. The van der Waals surface area contributed by atoms with Crippen LogP contribution in [-0.2, 0) is 6.54 Å². The molecule has 5 heteroatoms. The van der Waals surface area contributed by atoms with Crippen LogP contribution in [0.1, 0.15) is 25.0 Å². The van der Waals surface area contributed by atoms with Gasteiger partial charge in [0.1, 0.15) is 10.7 Å². The fourth-order valence-electron chi connectivity index (χ4n) is 2.49. The Hall–Kier alpha value is -0.780. The van der Waals surface area contributed by atoms with Crippen LogP contribution in [0.5, 0.6) is 5.75 Å². The van der Waals surface area contributed by atoms with Crippen LogP contribution in [0.25, 0.3) is 0 Å². The highest BCUT2D eigenvalue weighted by molar-refractivity contribution is 8.00. The van der Waals surface area contributed by atoms with Crippen molar-refractivity contribution in [1.82, 2.24) is 4.90 Å². The minimum atomic E-state index is 0.435. The van der Waals surface area contributed by atoms with Gasteiger partial charge in [-0.05, 0) is 25.1 Å². The van der Waals surface area contributed by atoms with E-state index in [1.807, 2.05) is 23.9 Å². The van der Waals surface area contributed by atoms with Crippen LogP contribution in [0.2, 0.25) is 0 Å². The highest BCUT2D eigenvalue weighted by Crippen LogP contribution is 2.28. The fourth-order valence-corrected chi connectivity index (χ4v) is 3.78. The molecule has 0 saturated carbocycles. The van der Waals surface area contributed by atoms with E-state index in [4.69, 9.17) is 22.7 Å². The summed E-state index contributed by atoms with van der Waals surface area (Å²) in [7, 11) is 1.71. The molecule has 0 aromatic heterocycles. The van der Waals surface area contributed by atoms with Crippen molar-refractivity contribution in [2.45, 2.75) is 31.7 Å². The zero-order valence-electron chi connectivity index (χ0n) is 12.3. The molecule has 1 aromatic rings. The summed E-state index contributed by atoms with van der Waals surface area (Å²) in [6.45, 7) is 6.58. The first-order chi connectivity index (χ1) is 9.52. The highest BCUT2D eigenvalue weighted by atomic mass is 32.2. The van der Waals surface area contributed by atoms with Crippen LogP contribution in [0.15, 0.2) is 18.2 Å². The molecule has 0 radical (unpaired) electrons. The van der Waals surface area contributed by atoms with Crippen molar-refractivity contribution in [1.29, 1.82) is 0 Å². The van der Waals surface area contributed by atoms with Crippen LogP contribution in [0.3, 0.4) is 0 Å². The number of nitrogens with two attached hydrogens (primary N) is 1. The molecule has 2 unspecified atom stereocenters. The third-order valence-corrected chi connectivity index (χ3v) is 5.53. The van der Waals surface area contributed by atoms with E-state index < -0.39 is 0 Å². The molecule has 0 amide bonds. The summed E-state index contributed by atoms with van der Waals surface area (Å²) in [5, 5.41) is 0.661. The van der Waals surface area contributed by atoms with Crippen molar-refractivity contribution in [3.05, 3.63) is 29.3 Å². The third kappa shape index (κ3) is 3.45. The third-order valence-electron chi connectivity index (χ3n) is 3.95. The largest absolute Gasteiger partial charge is 0.496 e. The van der Waals surface area contributed by atoms with Gasteiger partial charge in [-0.1, -0.05) is 19.1 Å². The van der Waals surface area contributed by atoms with Crippen LogP contribution in [-0.4, -0.2) is 40.6 Å². The van der Waals surface area contributed by atoms with E-state index in [0.717, 1.165) is 30.0 Å². The van der Waals surface area contributed by atoms with Gasteiger partial charge in [0.25, 0.3) is 0 Å². The van der Waals surface area contributed by atoms with Gasteiger partial charge >= 0.3 is 0 Å². The number of hydrogen-bond acceptors (Lipinski definition) is 4. The molecule has 3 nitrogen and oxygen atoms in total. The van der Waals surface area contributed by atoms with Crippen molar-refractivity contribution in [2.75, 3.05) is 19.4 Å². The van der Waals surface area contributed by atoms with Gasteiger partial charge < -0.3 is 10.5 Å². The van der Waals surface area contributed by atoms with E-state index in [0.29, 0.717) is 16.3 Å². The van der Waals surface area contributed by atoms with Gasteiger partial charge in [-0.3, -0.25) is 4.90 Å². The molecule has 1 saturated heterocycles. The minimum Gasteiger partial charge on any atom is -0.496 e. The predicted molar refractivity (Wildman–Crippen MR) is 90.7 cm³/mol. The maximum absolute atomic E-state index is 5.73. The van der Waals surface area contributed by atoms with E-state index >= 15 is 0 Å². The number of thiocarbonyl (C=S) groups is 1. The van der Waals surface area contributed by atoms with E-state index in [1.165, 1.54) is 5.75 Å². The number of methoxy groups -OCH3 is 1.